The zero-order valence-electron chi connectivity index (χ0n) is 11.2. The van der Waals surface area contributed by atoms with Crippen molar-refractivity contribution < 1.29 is 50.9 Å². The summed E-state index contributed by atoms with van der Waals surface area (Å²) in [5.41, 5.74) is 0. The van der Waals surface area contributed by atoms with Crippen LogP contribution in [0, 0.1) is 0 Å². The summed E-state index contributed by atoms with van der Waals surface area (Å²) < 4.78 is 57.9. The number of halogens is 2. The normalized spacial score (nSPS) is 11.8. The summed E-state index contributed by atoms with van der Waals surface area (Å²) in [4.78, 5) is -1.37. The zero-order valence-corrected chi connectivity index (χ0v) is 16.3. The van der Waals surface area contributed by atoms with E-state index < -0.39 is 24.9 Å². The third-order valence-corrected chi connectivity index (χ3v) is 6.13. The van der Waals surface area contributed by atoms with Gasteiger partial charge in [-0.25, -0.2) is 16.8 Å². The van der Waals surface area contributed by atoms with Crippen molar-refractivity contribution in [2.75, 3.05) is 0 Å². The molecule has 0 heterocycles. The van der Waals surface area contributed by atoms with Crippen LogP contribution in [-0.4, -0.2) is 21.4 Å². The van der Waals surface area contributed by atoms with Crippen LogP contribution in [0.25, 0.3) is 0 Å². The number of hydrogen-bond donors (Lipinski definition) is 0. The summed E-state index contributed by atoms with van der Waals surface area (Å²) >= 11 is 11.7. The second kappa shape index (κ2) is 7.19. The van der Waals surface area contributed by atoms with Gasteiger partial charge < -0.3 is 4.55 Å². The Labute approximate surface area is 160 Å². The van der Waals surface area contributed by atoms with Crippen molar-refractivity contribution in [2.45, 2.75) is 14.7 Å². The molecule has 5 nitrogen and oxygen atoms in total. The van der Waals surface area contributed by atoms with Crippen LogP contribution in [0.15, 0.2) is 57.2 Å². The number of hydrogen-bond acceptors (Lipinski definition) is 5. The monoisotopic (exact) mass is 388 g/mol. The maximum Gasteiger partial charge on any atom is 1.00 e. The topological polar surface area (TPSA) is 91.3 Å². The van der Waals surface area contributed by atoms with Crippen LogP contribution >= 0.6 is 23.2 Å². The molecule has 22 heavy (non-hydrogen) atoms. The van der Waals surface area contributed by atoms with Crippen LogP contribution in [0.1, 0.15) is 0 Å². The Kier molecular flexibility index (Phi) is 6.51. The molecule has 0 aromatic heterocycles. The Morgan fingerprint density at radius 1 is 0.818 bits per heavy atom. The van der Waals surface area contributed by atoms with Gasteiger partial charge in [0.25, 0.3) is 0 Å². The Hall–Kier alpha value is -0.120. The molecule has 0 aliphatic carbocycles. The average Bonchev–Trinajstić information content (AvgIpc) is 2.37. The van der Waals surface area contributed by atoms with E-state index in [0.717, 1.165) is 24.3 Å². The Balaban J connectivity index is 0.00000242. The first-order valence-corrected chi connectivity index (χ1v) is 9.04. The first-order valence-electron chi connectivity index (χ1n) is 5.39. The zero-order chi connectivity index (χ0) is 15.8. The molecule has 0 unspecified atom stereocenters. The van der Waals surface area contributed by atoms with Gasteiger partial charge in [0.15, 0.2) is 0 Å². The van der Waals surface area contributed by atoms with Gasteiger partial charge in [-0.1, -0.05) is 35.3 Å². The minimum Gasteiger partial charge on any atom is -0.744 e. The number of rotatable bonds is 3. The van der Waals surface area contributed by atoms with Crippen molar-refractivity contribution >= 4 is 43.2 Å². The third kappa shape index (κ3) is 4.04. The van der Waals surface area contributed by atoms with E-state index in [-0.39, 0.29) is 49.4 Å². The maximum absolute atomic E-state index is 12.5. The molecule has 0 atom stereocenters. The fourth-order valence-corrected chi connectivity index (χ4v) is 4.68. The van der Waals surface area contributed by atoms with Crippen LogP contribution in [0.5, 0.6) is 0 Å². The molecule has 0 aliphatic heterocycles. The summed E-state index contributed by atoms with van der Waals surface area (Å²) in [6.45, 7) is 0. The van der Waals surface area contributed by atoms with E-state index >= 15 is 0 Å². The van der Waals surface area contributed by atoms with E-state index in [9.17, 15) is 21.4 Å². The third-order valence-electron chi connectivity index (χ3n) is 2.59. The van der Waals surface area contributed by atoms with Crippen LogP contribution in [-0.2, 0) is 20.0 Å². The molecule has 0 bridgehead atoms. The first kappa shape index (κ1) is 19.9. The molecule has 0 saturated carbocycles. The molecule has 10 heteroatoms. The predicted octanol–water partition coefficient (Wildman–Crippen LogP) is -0.266. The first-order chi connectivity index (χ1) is 9.64. The summed E-state index contributed by atoms with van der Waals surface area (Å²) in [5, 5.41) is -0.198. The molecule has 2 rings (SSSR count). The molecular formula is C12H7Cl2NaO5S2. The standard InChI is InChI=1S/C12H8Cl2O5S2.Na/c13-10-5-2-6-11(14)12(10)20(15,16)8-3-1-4-9(7-8)21(17,18)19;/h1-7H,(H,17,18,19);/q;+1/p-1. The van der Waals surface area contributed by atoms with Gasteiger partial charge in [0, 0.05) is 0 Å². The van der Waals surface area contributed by atoms with Gasteiger partial charge in [-0.15, -0.1) is 0 Å². The summed E-state index contributed by atoms with van der Waals surface area (Å²) in [6.07, 6.45) is 0. The van der Waals surface area contributed by atoms with E-state index in [1.165, 1.54) is 18.2 Å². The molecule has 0 amide bonds. The second-order valence-electron chi connectivity index (χ2n) is 3.98. The SMILES string of the molecule is O=S(=O)([O-])c1cccc(S(=O)(=O)c2c(Cl)cccc2Cl)c1.[Na+]. The maximum atomic E-state index is 12.5. The van der Waals surface area contributed by atoms with Gasteiger partial charge in [0.1, 0.15) is 15.0 Å². The molecular weight excluding hydrogens is 382 g/mol. The van der Waals surface area contributed by atoms with Crippen molar-refractivity contribution in [1.82, 2.24) is 0 Å². The van der Waals surface area contributed by atoms with Crippen molar-refractivity contribution in [1.29, 1.82) is 0 Å². The van der Waals surface area contributed by atoms with Gasteiger partial charge in [-0.05, 0) is 30.3 Å². The van der Waals surface area contributed by atoms with E-state index in [2.05, 4.69) is 0 Å². The Morgan fingerprint density at radius 3 is 1.77 bits per heavy atom. The molecule has 0 spiro atoms. The van der Waals surface area contributed by atoms with E-state index in [1.807, 2.05) is 0 Å². The fraction of sp³-hybridized carbons (Fsp3) is 0. The molecule has 2 aromatic rings. The Morgan fingerprint density at radius 2 is 1.27 bits per heavy atom. The molecule has 2 aromatic carbocycles. The van der Waals surface area contributed by atoms with Gasteiger partial charge >= 0.3 is 29.6 Å². The number of benzene rings is 2. The summed E-state index contributed by atoms with van der Waals surface area (Å²) in [6, 6.07) is 8.25. The minimum atomic E-state index is -4.77. The van der Waals surface area contributed by atoms with E-state index in [4.69, 9.17) is 23.2 Å². The summed E-state index contributed by atoms with van der Waals surface area (Å²) in [5.74, 6) is 0. The predicted molar refractivity (Wildman–Crippen MR) is 76.3 cm³/mol. The van der Waals surface area contributed by atoms with Gasteiger partial charge in [-0.3, -0.25) is 0 Å². The van der Waals surface area contributed by atoms with Crippen LogP contribution < -0.4 is 29.6 Å². The van der Waals surface area contributed by atoms with Crippen LogP contribution in [0.2, 0.25) is 10.0 Å². The second-order valence-corrected chi connectivity index (χ2v) is 8.06. The van der Waals surface area contributed by atoms with Crippen LogP contribution in [0.4, 0.5) is 0 Å². The quantitative estimate of drug-likeness (QED) is 0.533. The van der Waals surface area contributed by atoms with Crippen molar-refractivity contribution in [3.05, 3.63) is 52.5 Å². The average molecular weight is 389 g/mol. The van der Waals surface area contributed by atoms with E-state index in [0.29, 0.717) is 0 Å². The number of sulfone groups is 1. The van der Waals surface area contributed by atoms with Crippen molar-refractivity contribution in [3.8, 4) is 0 Å². The molecule has 112 valence electrons. The fourth-order valence-electron chi connectivity index (χ4n) is 1.65. The van der Waals surface area contributed by atoms with Crippen LogP contribution in [0.3, 0.4) is 0 Å². The molecule has 0 saturated heterocycles. The smallest absolute Gasteiger partial charge is 0.744 e. The van der Waals surface area contributed by atoms with E-state index in [1.54, 1.807) is 0 Å². The molecule has 0 N–H and O–H groups in total. The van der Waals surface area contributed by atoms with Crippen molar-refractivity contribution in [3.63, 3.8) is 0 Å². The Bertz CT molecular complexity index is 891. The van der Waals surface area contributed by atoms with Gasteiger partial charge in [0.2, 0.25) is 9.84 Å². The van der Waals surface area contributed by atoms with Gasteiger partial charge in [0.05, 0.1) is 19.8 Å². The molecule has 0 aliphatic rings. The summed E-state index contributed by atoms with van der Waals surface area (Å²) in [7, 11) is -8.92. The molecule has 0 fully saturated rings. The van der Waals surface area contributed by atoms with Crippen molar-refractivity contribution in [2.24, 2.45) is 0 Å². The molecule has 0 radical (unpaired) electrons. The largest absolute Gasteiger partial charge is 1.00 e. The van der Waals surface area contributed by atoms with Gasteiger partial charge in [-0.2, -0.15) is 0 Å². The minimum absolute atomic E-state index is 0.